The van der Waals surface area contributed by atoms with Crippen LogP contribution in [0.15, 0.2) is 9.98 Å². The predicted molar refractivity (Wildman–Crippen MR) is 157 cm³/mol. The number of rotatable bonds is 9. The Morgan fingerprint density at radius 2 is 0.829 bits per heavy atom. The molecule has 0 amide bonds. The van der Waals surface area contributed by atoms with Crippen LogP contribution in [0.5, 0.6) is 0 Å². The van der Waals surface area contributed by atoms with Crippen LogP contribution in [0.3, 0.4) is 0 Å². The van der Waals surface area contributed by atoms with Crippen molar-refractivity contribution in [1.82, 2.24) is 0 Å². The summed E-state index contributed by atoms with van der Waals surface area (Å²) in [7, 11) is 3.58. The molecule has 35 heavy (non-hydrogen) atoms. The first-order valence-electron chi connectivity index (χ1n) is 13.3. The van der Waals surface area contributed by atoms with Gasteiger partial charge in [0.2, 0.25) is 0 Å². The Bertz CT molecular complexity index is 659. The average molecular weight is 566 g/mol. The van der Waals surface area contributed by atoms with Crippen LogP contribution in [0.2, 0.25) is 0 Å². The molecule has 0 spiro atoms. The van der Waals surface area contributed by atoms with Crippen molar-refractivity contribution in [2.24, 2.45) is 67.8 Å². The molecule has 8 bridgehead atoms. The van der Waals surface area contributed by atoms with E-state index in [0.717, 1.165) is 71.8 Å². The van der Waals surface area contributed by atoms with E-state index >= 15 is 0 Å². The standard InChI is InChI=1S/C26H42N4S2.2ClH.H2O/c27-23(29-15-25-7-17-1-18(8-25)3-19(2-17)9-25)13-31-32-14-24(28)30-16-26-10-20-4-21(11-26)6-22(5-20)12-26;;;/h17-22H,1-16H2,(H2,27,29)(H2,28,30);2*1H;1H2. The van der Waals surface area contributed by atoms with Gasteiger partial charge in [-0.25, -0.2) is 0 Å². The molecule has 5 nitrogen and oxygen atoms in total. The van der Waals surface area contributed by atoms with E-state index in [-0.39, 0.29) is 30.3 Å². The Hall–Kier alpha value is 0.180. The van der Waals surface area contributed by atoms with Gasteiger partial charge in [-0.2, -0.15) is 0 Å². The van der Waals surface area contributed by atoms with E-state index in [1.807, 2.05) is 0 Å². The number of amidine groups is 2. The second-order valence-electron chi connectivity index (χ2n) is 13.0. The molecule has 9 heteroatoms. The van der Waals surface area contributed by atoms with Gasteiger partial charge in [0.05, 0.1) is 11.5 Å². The lowest BCUT2D eigenvalue weighted by Crippen LogP contribution is -2.47. The summed E-state index contributed by atoms with van der Waals surface area (Å²) in [6, 6.07) is 0. The number of nitrogens with zero attached hydrogens (tertiary/aromatic N) is 2. The molecule has 0 heterocycles. The minimum Gasteiger partial charge on any atom is -0.412 e. The SMILES string of the molecule is Cl.Cl.NC(CSSCC(N)=NCC12CC3CC(CC(C3)C1)C2)=NCC12CC3CC(CC(C3)C1)C2.O. The topological polar surface area (TPSA) is 108 Å². The molecule has 0 aliphatic heterocycles. The Labute approximate surface area is 232 Å². The molecule has 8 saturated carbocycles. The number of nitrogens with two attached hydrogens (primary N) is 2. The van der Waals surface area contributed by atoms with Crippen molar-refractivity contribution in [2.75, 3.05) is 24.6 Å². The molecule has 8 fully saturated rings. The molecule has 0 saturated heterocycles. The van der Waals surface area contributed by atoms with E-state index in [4.69, 9.17) is 21.5 Å². The molecule has 8 aliphatic carbocycles. The van der Waals surface area contributed by atoms with E-state index in [9.17, 15) is 0 Å². The largest absolute Gasteiger partial charge is 0.412 e. The predicted octanol–water partition coefficient (Wildman–Crippen LogP) is 5.53. The van der Waals surface area contributed by atoms with Gasteiger partial charge < -0.3 is 16.9 Å². The van der Waals surface area contributed by atoms with Gasteiger partial charge in [0.1, 0.15) is 11.7 Å². The Kier molecular flexibility index (Phi) is 10.1. The lowest BCUT2D eigenvalue weighted by molar-refractivity contribution is -0.0466. The summed E-state index contributed by atoms with van der Waals surface area (Å²) in [5, 5.41) is 0. The van der Waals surface area contributed by atoms with Gasteiger partial charge in [-0.15, -0.1) is 24.8 Å². The van der Waals surface area contributed by atoms with Crippen LogP contribution in [-0.4, -0.2) is 41.7 Å². The molecule has 8 aliphatic rings. The zero-order valence-electron chi connectivity index (χ0n) is 21.0. The zero-order valence-corrected chi connectivity index (χ0v) is 24.2. The number of hydrogen-bond acceptors (Lipinski definition) is 4. The lowest BCUT2D eigenvalue weighted by Gasteiger charge is -2.56. The molecule has 0 radical (unpaired) electrons. The van der Waals surface area contributed by atoms with Crippen LogP contribution < -0.4 is 11.5 Å². The molecular formula is C26H46Cl2N4OS2. The molecule has 6 N–H and O–H groups in total. The third kappa shape index (κ3) is 6.61. The van der Waals surface area contributed by atoms with Crippen LogP contribution in [0.25, 0.3) is 0 Å². The summed E-state index contributed by atoms with van der Waals surface area (Å²) in [5.74, 6) is 9.19. The second kappa shape index (κ2) is 11.9. The molecule has 8 rings (SSSR count). The van der Waals surface area contributed by atoms with Gasteiger partial charge in [-0.1, -0.05) is 21.6 Å². The highest BCUT2D eigenvalue weighted by Crippen LogP contribution is 2.61. The normalized spacial score (nSPS) is 42.9. The van der Waals surface area contributed by atoms with Gasteiger partial charge >= 0.3 is 0 Å². The first-order chi connectivity index (χ1) is 15.5. The van der Waals surface area contributed by atoms with Crippen molar-refractivity contribution < 1.29 is 5.48 Å². The highest BCUT2D eigenvalue weighted by Gasteiger charge is 2.51. The Balaban J connectivity index is 0.00000114. The van der Waals surface area contributed by atoms with Crippen LogP contribution >= 0.6 is 46.4 Å². The van der Waals surface area contributed by atoms with Gasteiger partial charge in [-0.05, 0) is 123 Å². The summed E-state index contributed by atoms with van der Waals surface area (Å²) >= 11 is 0. The Morgan fingerprint density at radius 3 is 1.09 bits per heavy atom. The maximum atomic E-state index is 6.30. The monoisotopic (exact) mass is 564 g/mol. The van der Waals surface area contributed by atoms with Crippen LogP contribution in [0.4, 0.5) is 0 Å². The zero-order chi connectivity index (χ0) is 21.8. The second-order valence-corrected chi connectivity index (χ2v) is 15.4. The molecule has 0 aromatic heterocycles. The molecule has 0 aromatic rings. The molecule has 0 atom stereocenters. The minimum absolute atomic E-state index is 0. The lowest BCUT2D eigenvalue weighted by atomic mass is 9.49. The van der Waals surface area contributed by atoms with E-state index in [1.54, 1.807) is 21.6 Å². The summed E-state index contributed by atoms with van der Waals surface area (Å²) < 4.78 is 0. The highest BCUT2D eigenvalue weighted by atomic mass is 35.5. The van der Waals surface area contributed by atoms with Gasteiger partial charge in [0.25, 0.3) is 0 Å². The van der Waals surface area contributed by atoms with E-state index in [2.05, 4.69) is 0 Å². The van der Waals surface area contributed by atoms with Crippen molar-refractivity contribution in [3.8, 4) is 0 Å². The fourth-order valence-electron chi connectivity index (χ4n) is 9.80. The maximum Gasteiger partial charge on any atom is 0.105 e. The first-order valence-corrected chi connectivity index (χ1v) is 15.8. The smallest absolute Gasteiger partial charge is 0.105 e. The van der Waals surface area contributed by atoms with E-state index in [0.29, 0.717) is 10.8 Å². The van der Waals surface area contributed by atoms with Crippen LogP contribution in [-0.2, 0) is 0 Å². The van der Waals surface area contributed by atoms with Gasteiger partial charge in [0.15, 0.2) is 0 Å². The number of aliphatic imine (C=N–C) groups is 2. The van der Waals surface area contributed by atoms with Crippen LogP contribution in [0, 0.1) is 46.3 Å². The van der Waals surface area contributed by atoms with Crippen LogP contribution in [0.1, 0.15) is 77.0 Å². The highest BCUT2D eigenvalue weighted by molar-refractivity contribution is 8.77. The Morgan fingerprint density at radius 1 is 0.571 bits per heavy atom. The summed E-state index contributed by atoms with van der Waals surface area (Å²) in [5.41, 5.74) is 13.6. The average Bonchev–Trinajstić information content (AvgIpc) is 2.72. The fourth-order valence-corrected chi connectivity index (χ4v) is 11.6. The summed E-state index contributed by atoms with van der Waals surface area (Å²) in [6.07, 6.45) is 17.4. The molecular weight excluding hydrogens is 519 g/mol. The van der Waals surface area contributed by atoms with Crippen molar-refractivity contribution in [3.63, 3.8) is 0 Å². The van der Waals surface area contributed by atoms with Crippen molar-refractivity contribution in [2.45, 2.75) is 77.0 Å². The minimum atomic E-state index is 0. The van der Waals surface area contributed by atoms with Crippen molar-refractivity contribution in [1.29, 1.82) is 0 Å². The third-order valence-corrected chi connectivity index (χ3v) is 12.3. The molecule has 202 valence electrons. The number of halogens is 2. The summed E-state index contributed by atoms with van der Waals surface area (Å²) in [6.45, 7) is 1.95. The number of hydrogen-bond donors (Lipinski definition) is 2. The van der Waals surface area contributed by atoms with E-state index in [1.165, 1.54) is 77.0 Å². The third-order valence-electron chi connectivity index (χ3n) is 10.1. The van der Waals surface area contributed by atoms with Gasteiger partial charge in [0, 0.05) is 13.1 Å². The van der Waals surface area contributed by atoms with Crippen molar-refractivity contribution >= 4 is 58.1 Å². The first kappa shape index (κ1) is 29.7. The fraction of sp³-hybridized carbons (Fsp3) is 0.923. The molecule has 0 unspecified atom stereocenters. The molecule has 0 aromatic carbocycles. The summed E-state index contributed by atoms with van der Waals surface area (Å²) in [4.78, 5) is 9.74. The van der Waals surface area contributed by atoms with E-state index < -0.39 is 0 Å². The quantitative estimate of drug-likeness (QED) is 0.166. The maximum absolute atomic E-state index is 6.30. The van der Waals surface area contributed by atoms with Crippen molar-refractivity contribution in [3.05, 3.63) is 0 Å². The van der Waals surface area contributed by atoms with Gasteiger partial charge in [-0.3, -0.25) is 9.98 Å².